The first-order valence-electron chi connectivity index (χ1n) is 6.17. The van der Waals surface area contributed by atoms with Crippen LogP contribution in [-0.4, -0.2) is 14.5 Å². The number of nitrogens with zero attached hydrogens (tertiary/aromatic N) is 3. The highest BCUT2D eigenvalue weighted by molar-refractivity contribution is 6.28. The van der Waals surface area contributed by atoms with Crippen molar-refractivity contribution in [2.45, 2.75) is 13.5 Å². The average molecular weight is 289 g/mol. The number of aryl methyl sites for hydroxylation is 1. The van der Waals surface area contributed by atoms with Gasteiger partial charge in [0, 0.05) is 18.6 Å². The van der Waals surface area contributed by atoms with Gasteiger partial charge < -0.3 is 9.73 Å². The average Bonchev–Trinajstić information content (AvgIpc) is 3.05. The molecule has 3 rings (SSSR count). The number of pyridine rings is 1. The highest BCUT2D eigenvalue weighted by atomic mass is 35.5. The van der Waals surface area contributed by atoms with Gasteiger partial charge in [0.2, 0.25) is 0 Å². The molecule has 0 atom stereocenters. The molecule has 0 saturated carbocycles. The molecule has 0 saturated heterocycles. The zero-order chi connectivity index (χ0) is 13.9. The Balaban J connectivity index is 1.85. The first kappa shape index (κ1) is 12.7. The van der Waals surface area contributed by atoms with Gasteiger partial charge in [-0.3, -0.25) is 4.57 Å². The molecular formula is C14H13ClN4O. The summed E-state index contributed by atoms with van der Waals surface area (Å²) in [7, 11) is 0. The molecule has 0 radical (unpaired) electrons. The molecule has 0 aliphatic carbocycles. The number of anilines is 1. The molecule has 5 nitrogen and oxygen atoms in total. The van der Waals surface area contributed by atoms with Gasteiger partial charge in [-0.25, -0.2) is 9.97 Å². The Bertz CT molecular complexity index is 719. The maximum Gasteiger partial charge on any atom is 0.193 e. The van der Waals surface area contributed by atoms with Gasteiger partial charge in [-0.1, -0.05) is 0 Å². The van der Waals surface area contributed by atoms with Crippen LogP contribution >= 0.6 is 11.6 Å². The molecule has 102 valence electrons. The molecule has 0 unspecified atom stereocenters. The maximum atomic E-state index is 5.76. The third-order valence-electron chi connectivity index (χ3n) is 2.92. The van der Waals surface area contributed by atoms with E-state index in [1.165, 1.54) is 0 Å². The van der Waals surface area contributed by atoms with E-state index in [2.05, 4.69) is 15.3 Å². The van der Waals surface area contributed by atoms with E-state index in [1.807, 2.05) is 35.9 Å². The molecule has 6 heteroatoms. The second-order valence-corrected chi connectivity index (χ2v) is 4.65. The third kappa shape index (κ3) is 2.53. The number of nitrogens with one attached hydrogen (secondary N) is 1. The van der Waals surface area contributed by atoms with Crippen molar-refractivity contribution in [3.63, 3.8) is 0 Å². The van der Waals surface area contributed by atoms with Gasteiger partial charge in [-0.15, -0.1) is 0 Å². The molecule has 3 aromatic rings. The second kappa shape index (κ2) is 5.38. The van der Waals surface area contributed by atoms with Crippen LogP contribution in [0.1, 0.15) is 11.6 Å². The molecule has 3 heterocycles. The third-order valence-corrected chi connectivity index (χ3v) is 3.13. The Morgan fingerprint density at radius 1 is 1.25 bits per heavy atom. The molecule has 0 bridgehead atoms. The van der Waals surface area contributed by atoms with Gasteiger partial charge in [0.05, 0.1) is 12.2 Å². The smallest absolute Gasteiger partial charge is 0.193 e. The molecule has 0 fully saturated rings. The van der Waals surface area contributed by atoms with Gasteiger partial charge in [0.1, 0.15) is 11.6 Å². The van der Waals surface area contributed by atoms with Crippen LogP contribution in [0.4, 0.5) is 5.69 Å². The minimum Gasteiger partial charge on any atom is -0.448 e. The van der Waals surface area contributed by atoms with Crippen LogP contribution < -0.4 is 5.32 Å². The highest BCUT2D eigenvalue weighted by Crippen LogP contribution is 2.20. The van der Waals surface area contributed by atoms with Crippen LogP contribution in [0.25, 0.3) is 5.82 Å². The van der Waals surface area contributed by atoms with Crippen molar-refractivity contribution in [1.82, 2.24) is 14.5 Å². The van der Waals surface area contributed by atoms with Crippen molar-refractivity contribution in [2.24, 2.45) is 0 Å². The lowest BCUT2D eigenvalue weighted by Crippen LogP contribution is -2.06. The molecule has 0 spiro atoms. The predicted molar refractivity (Wildman–Crippen MR) is 77.1 cm³/mol. The topological polar surface area (TPSA) is 55.9 Å². The molecule has 0 aromatic carbocycles. The van der Waals surface area contributed by atoms with Gasteiger partial charge >= 0.3 is 0 Å². The van der Waals surface area contributed by atoms with Crippen molar-refractivity contribution in [2.75, 3.05) is 5.32 Å². The van der Waals surface area contributed by atoms with Crippen LogP contribution in [0.2, 0.25) is 5.22 Å². The minimum atomic E-state index is 0.388. The summed E-state index contributed by atoms with van der Waals surface area (Å²) < 4.78 is 7.25. The maximum absolute atomic E-state index is 5.76. The molecular weight excluding hydrogens is 276 g/mol. The van der Waals surface area contributed by atoms with Crippen LogP contribution in [-0.2, 0) is 6.54 Å². The fourth-order valence-corrected chi connectivity index (χ4v) is 2.12. The van der Waals surface area contributed by atoms with E-state index in [9.17, 15) is 0 Å². The van der Waals surface area contributed by atoms with Crippen LogP contribution in [0, 0.1) is 6.92 Å². The first-order chi connectivity index (χ1) is 9.74. The van der Waals surface area contributed by atoms with E-state index in [-0.39, 0.29) is 0 Å². The van der Waals surface area contributed by atoms with Gasteiger partial charge in [0.15, 0.2) is 11.0 Å². The second-order valence-electron chi connectivity index (χ2n) is 4.28. The summed E-state index contributed by atoms with van der Waals surface area (Å²) in [5.41, 5.74) is 0.904. The summed E-state index contributed by atoms with van der Waals surface area (Å²) in [6, 6.07) is 7.41. The summed E-state index contributed by atoms with van der Waals surface area (Å²) in [4.78, 5) is 8.62. The van der Waals surface area contributed by atoms with Crippen molar-refractivity contribution in [3.05, 3.63) is 59.7 Å². The summed E-state index contributed by atoms with van der Waals surface area (Å²) in [6.07, 6.45) is 5.39. The minimum absolute atomic E-state index is 0.388. The van der Waals surface area contributed by atoms with E-state index >= 15 is 0 Å². The lowest BCUT2D eigenvalue weighted by atomic mass is 10.3. The Labute approximate surface area is 121 Å². The molecule has 20 heavy (non-hydrogen) atoms. The van der Waals surface area contributed by atoms with Crippen LogP contribution in [0.3, 0.4) is 0 Å². The monoisotopic (exact) mass is 288 g/mol. The molecule has 3 aromatic heterocycles. The highest BCUT2D eigenvalue weighted by Gasteiger charge is 2.08. The molecule has 0 aliphatic rings. The number of hydrogen-bond donors (Lipinski definition) is 1. The number of halogens is 1. The molecule has 0 aliphatic heterocycles. The first-order valence-corrected chi connectivity index (χ1v) is 6.55. The predicted octanol–water partition coefficient (Wildman–Crippen LogP) is 3.43. The summed E-state index contributed by atoms with van der Waals surface area (Å²) in [6.45, 7) is 2.48. The van der Waals surface area contributed by atoms with Crippen LogP contribution in [0.5, 0.6) is 0 Å². The lowest BCUT2D eigenvalue weighted by molar-refractivity contribution is 0.520. The zero-order valence-corrected chi connectivity index (χ0v) is 11.6. The number of imidazole rings is 1. The summed E-state index contributed by atoms with van der Waals surface area (Å²) in [5, 5.41) is 3.68. The molecule has 0 amide bonds. The fraction of sp³-hybridized carbons (Fsp3) is 0.143. The van der Waals surface area contributed by atoms with E-state index in [4.69, 9.17) is 16.0 Å². The van der Waals surface area contributed by atoms with Crippen molar-refractivity contribution < 1.29 is 4.42 Å². The Morgan fingerprint density at radius 3 is 2.85 bits per heavy atom. The van der Waals surface area contributed by atoms with Gasteiger partial charge in [-0.2, -0.15) is 0 Å². The van der Waals surface area contributed by atoms with E-state index in [1.54, 1.807) is 18.5 Å². The Kier molecular flexibility index (Phi) is 3.43. The largest absolute Gasteiger partial charge is 0.448 e. The number of rotatable bonds is 4. The van der Waals surface area contributed by atoms with Crippen molar-refractivity contribution in [1.29, 1.82) is 0 Å². The lowest BCUT2D eigenvalue weighted by Gasteiger charge is -2.11. The summed E-state index contributed by atoms with van der Waals surface area (Å²) >= 11 is 5.76. The Morgan fingerprint density at radius 2 is 2.15 bits per heavy atom. The number of furan rings is 1. The SMILES string of the molecule is Cc1nccn1-c1ncccc1NCc1ccc(Cl)o1. The quantitative estimate of drug-likeness (QED) is 0.799. The van der Waals surface area contributed by atoms with E-state index in [0.29, 0.717) is 11.8 Å². The van der Waals surface area contributed by atoms with Crippen molar-refractivity contribution in [3.8, 4) is 5.82 Å². The van der Waals surface area contributed by atoms with Gasteiger partial charge in [-0.05, 0) is 42.8 Å². The van der Waals surface area contributed by atoms with Crippen LogP contribution in [0.15, 0.2) is 47.3 Å². The summed E-state index contributed by atoms with van der Waals surface area (Å²) in [5.74, 6) is 2.46. The Hall–Kier alpha value is -2.27. The van der Waals surface area contributed by atoms with E-state index < -0.39 is 0 Å². The normalized spacial score (nSPS) is 10.7. The van der Waals surface area contributed by atoms with Gasteiger partial charge in [0.25, 0.3) is 0 Å². The molecule has 1 N–H and O–H groups in total. The standard InChI is InChI=1S/C14H13ClN4O/c1-10-16-7-8-19(10)14-12(3-2-6-17-14)18-9-11-4-5-13(15)20-11/h2-8,18H,9H2,1H3. The number of hydrogen-bond acceptors (Lipinski definition) is 4. The fourth-order valence-electron chi connectivity index (χ4n) is 1.96. The number of aromatic nitrogens is 3. The zero-order valence-electron chi connectivity index (χ0n) is 10.9. The van der Waals surface area contributed by atoms with E-state index in [0.717, 1.165) is 23.1 Å². The van der Waals surface area contributed by atoms with Crippen molar-refractivity contribution >= 4 is 17.3 Å².